The van der Waals surface area contributed by atoms with Gasteiger partial charge in [0.2, 0.25) is 0 Å². The monoisotopic (exact) mass is 210 g/mol. The first kappa shape index (κ1) is 13.6. The van der Waals surface area contributed by atoms with Gasteiger partial charge in [-0.15, -0.1) is 0 Å². The number of ether oxygens (including phenoxy) is 1. The summed E-state index contributed by atoms with van der Waals surface area (Å²) in [6, 6.07) is 0. The molecule has 0 radical (unpaired) electrons. The van der Waals surface area contributed by atoms with Gasteiger partial charge in [0, 0.05) is 6.92 Å². The summed E-state index contributed by atoms with van der Waals surface area (Å²) in [5, 5.41) is 0. The minimum Gasteiger partial charge on any atom is -0.462 e. The summed E-state index contributed by atoms with van der Waals surface area (Å²) >= 11 is 0. The maximum Gasteiger partial charge on any atom is 0.302 e. The van der Waals surface area contributed by atoms with Gasteiger partial charge in [-0.3, -0.25) is 9.59 Å². The van der Waals surface area contributed by atoms with Crippen molar-refractivity contribution in [3.8, 4) is 0 Å². The van der Waals surface area contributed by atoms with Crippen LogP contribution in [0.25, 0.3) is 0 Å². The molecule has 0 aromatic carbocycles. The zero-order chi connectivity index (χ0) is 11.7. The molecule has 84 valence electrons. The van der Waals surface area contributed by atoms with Crippen molar-refractivity contribution in [1.29, 1.82) is 0 Å². The summed E-state index contributed by atoms with van der Waals surface area (Å²) in [6.07, 6.45) is 6.81. The Hall–Kier alpha value is -1.38. The van der Waals surface area contributed by atoms with Crippen molar-refractivity contribution in [2.45, 2.75) is 27.2 Å². The zero-order valence-electron chi connectivity index (χ0n) is 9.53. The Labute approximate surface area is 90.8 Å². The second kappa shape index (κ2) is 7.97. The van der Waals surface area contributed by atoms with Crippen LogP contribution in [0.15, 0.2) is 23.8 Å². The van der Waals surface area contributed by atoms with E-state index in [9.17, 15) is 9.59 Å². The highest BCUT2D eigenvalue weighted by Gasteiger charge is 2.01. The predicted molar refractivity (Wildman–Crippen MR) is 59.4 cm³/mol. The lowest BCUT2D eigenvalue weighted by atomic mass is 9.99. The molecule has 0 aliphatic rings. The number of allylic oxidation sites excluding steroid dienone is 3. The third-order valence-electron chi connectivity index (χ3n) is 2.17. The molecule has 3 nitrogen and oxygen atoms in total. The Morgan fingerprint density at radius 1 is 1.40 bits per heavy atom. The van der Waals surface area contributed by atoms with Crippen LogP contribution in [-0.4, -0.2) is 18.9 Å². The first-order chi connectivity index (χ1) is 7.07. The molecule has 0 aliphatic heterocycles. The van der Waals surface area contributed by atoms with E-state index >= 15 is 0 Å². The Balaban J connectivity index is 3.95. The molecule has 0 spiro atoms. The molecule has 0 fully saturated rings. The highest BCUT2D eigenvalue weighted by Crippen LogP contribution is 2.14. The lowest BCUT2D eigenvalue weighted by Crippen LogP contribution is -2.01. The fourth-order valence-electron chi connectivity index (χ4n) is 1.02. The van der Waals surface area contributed by atoms with Gasteiger partial charge in [-0.2, -0.15) is 0 Å². The summed E-state index contributed by atoms with van der Waals surface area (Å²) in [6.45, 7) is 5.76. The molecule has 0 saturated heterocycles. The van der Waals surface area contributed by atoms with Crippen LogP contribution in [-0.2, 0) is 14.3 Å². The standard InChI is InChI=1S/C12H18O3/c1-10(6-4-5-8-13)11(2)7-9-15-12(3)14/h4-5,7-8,10H,6,9H2,1-3H3. The third kappa shape index (κ3) is 7.67. The van der Waals surface area contributed by atoms with E-state index in [4.69, 9.17) is 4.74 Å². The van der Waals surface area contributed by atoms with Crippen LogP contribution in [0.1, 0.15) is 27.2 Å². The van der Waals surface area contributed by atoms with E-state index < -0.39 is 0 Å². The Kier molecular flexibility index (Phi) is 7.24. The van der Waals surface area contributed by atoms with Gasteiger partial charge in [0.25, 0.3) is 0 Å². The minimum atomic E-state index is -0.271. The van der Waals surface area contributed by atoms with E-state index in [-0.39, 0.29) is 5.97 Å². The van der Waals surface area contributed by atoms with Crippen LogP contribution >= 0.6 is 0 Å². The number of hydrogen-bond acceptors (Lipinski definition) is 3. The van der Waals surface area contributed by atoms with Gasteiger partial charge in [0.15, 0.2) is 0 Å². The topological polar surface area (TPSA) is 43.4 Å². The third-order valence-corrected chi connectivity index (χ3v) is 2.17. The maximum atomic E-state index is 10.5. The van der Waals surface area contributed by atoms with Crippen molar-refractivity contribution >= 4 is 12.3 Å². The molecule has 0 saturated carbocycles. The van der Waals surface area contributed by atoms with E-state index in [1.54, 1.807) is 0 Å². The number of hydrogen-bond donors (Lipinski definition) is 0. The molecule has 0 aromatic heterocycles. The zero-order valence-corrected chi connectivity index (χ0v) is 9.53. The molecular formula is C12H18O3. The van der Waals surface area contributed by atoms with Crippen molar-refractivity contribution in [3.05, 3.63) is 23.8 Å². The van der Waals surface area contributed by atoms with Gasteiger partial charge in [0.1, 0.15) is 12.9 Å². The van der Waals surface area contributed by atoms with E-state index in [1.165, 1.54) is 13.0 Å². The highest BCUT2D eigenvalue weighted by atomic mass is 16.5. The van der Waals surface area contributed by atoms with Crippen LogP contribution in [0.5, 0.6) is 0 Å². The second-order valence-electron chi connectivity index (χ2n) is 3.45. The Bertz CT molecular complexity index is 264. The average Bonchev–Trinajstić information content (AvgIpc) is 2.17. The van der Waals surface area contributed by atoms with Crippen molar-refractivity contribution in [2.75, 3.05) is 6.61 Å². The van der Waals surface area contributed by atoms with E-state index in [1.807, 2.05) is 19.1 Å². The van der Waals surface area contributed by atoms with E-state index in [0.29, 0.717) is 12.5 Å². The molecule has 1 atom stereocenters. The fraction of sp³-hybridized carbons (Fsp3) is 0.500. The number of esters is 1. The normalized spacial score (nSPS) is 13.9. The SMILES string of the molecule is CC(=O)OCC=C(C)C(C)CC=CC=O. The maximum absolute atomic E-state index is 10.5. The Morgan fingerprint density at radius 2 is 2.07 bits per heavy atom. The number of aldehydes is 1. The van der Waals surface area contributed by atoms with Gasteiger partial charge in [0.05, 0.1) is 0 Å². The van der Waals surface area contributed by atoms with E-state index in [0.717, 1.165) is 18.3 Å². The molecule has 0 N–H and O–H groups in total. The van der Waals surface area contributed by atoms with Gasteiger partial charge in [-0.25, -0.2) is 0 Å². The number of carbonyl (C=O) groups excluding carboxylic acids is 2. The highest BCUT2D eigenvalue weighted by molar-refractivity contribution is 5.66. The van der Waals surface area contributed by atoms with Crippen molar-refractivity contribution < 1.29 is 14.3 Å². The summed E-state index contributed by atoms with van der Waals surface area (Å²) in [5.41, 5.74) is 1.16. The van der Waals surface area contributed by atoms with Crippen LogP contribution in [0.2, 0.25) is 0 Å². The molecule has 0 rings (SSSR count). The van der Waals surface area contributed by atoms with Crippen molar-refractivity contribution in [1.82, 2.24) is 0 Å². The van der Waals surface area contributed by atoms with Gasteiger partial charge in [-0.05, 0) is 31.4 Å². The largest absolute Gasteiger partial charge is 0.462 e. The quantitative estimate of drug-likeness (QED) is 0.292. The minimum absolute atomic E-state index is 0.271. The number of carbonyl (C=O) groups is 2. The van der Waals surface area contributed by atoms with Crippen LogP contribution in [0.4, 0.5) is 0 Å². The summed E-state index contributed by atoms with van der Waals surface area (Å²) in [5.74, 6) is 0.0873. The predicted octanol–water partition coefficient (Wildman–Crippen LogP) is 2.28. The molecule has 0 aromatic rings. The van der Waals surface area contributed by atoms with Gasteiger partial charge >= 0.3 is 5.97 Å². The lowest BCUT2D eigenvalue weighted by molar-refractivity contribution is -0.139. The molecule has 0 amide bonds. The summed E-state index contributed by atoms with van der Waals surface area (Å²) in [7, 11) is 0. The molecule has 15 heavy (non-hydrogen) atoms. The van der Waals surface area contributed by atoms with Gasteiger partial charge < -0.3 is 4.74 Å². The van der Waals surface area contributed by atoms with E-state index in [2.05, 4.69) is 6.92 Å². The fourth-order valence-corrected chi connectivity index (χ4v) is 1.02. The molecule has 0 bridgehead atoms. The molecule has 0 aliphatic carbocycles. The first-order valence-electron chi connectivity index (χ1n) is 4.98. The average molecular weight is 210 g/mol. The van der Waals surface area contributed by atoms with Crippen LogP contribution in [0, 0.1) is 5.92 Å². The van der Waals surface area contributed by atoms with Crippen molar-refractivity contribution in [2.24, 2.45) is 5.92 Å². The molecule has 0 heterocycles. The first-order valence-corrected chi connectivity index (χ1v) is 4.98. The lowest BCUT2D eigenvalue weighted by Gasteiger charge is -2.09. The second-order valence-corrected chi connectivity index (χ2v) is 3.45. The number of rotatable bonds is 6. The smallest absolute Gasteiger partial charge is 0.302 e. The summed E-state index contributed by atoms with van der Waals surface area (Å²) in [4.78, 5) is 20.5. The van der Waals surface area contributed by atoms with Crippen molar-refractivity contribution in [3.63, 3.8) is 0 Å². The van der Waals surface area contributed by atoms with Gasteiger partial charge in [-0.1, -0.05) is 18.6 Å². The Morgan fingerprint density at radius 3 is 2.60 bits per heavy atom. The molecular weight excluding hydrogens is 192 g/mol. The molecule has 1 unspecified atom stereocenters. The molecule has 3 heteroatoms. The summed E-state index contributed by atoms with van der Waals surface area (Å²) < 4.78 is 4.80. The van der Waals surface area contributed by atoms with Crippen LogP contribution in [0.3, 0.4) is 0 Å². The van der Waals surface area contributed by atoms with Crippen LogP contribution < -0.4 is 0 Å².